The van der Waals surface area contributed by atoms with Crippen LogP contribution in [0.15, 0.2) is 18.6 Å². The van der Waals surface area contributed by atoms with Crippen LogP contribution in [0.1, 0.15) is 71.8 Å². The summed E-state index contributed by atoms with van der Waals surface area (Å²) in [5.74, 6) is -1.74. The van der Waals surface area contributed by atoms with Gasteiger partial charge in [0.05, 0.1) is 12.8 Å². The summed E-state index contributed by atoms with van der Waals surface area (Å²) in [5, 5.41) is 5.56. The minimum atomic E-state index is -0.877. The van der Waals surface area contributed by atoms with Gasteiger partial charge in [-0.3, -0.25) is 19.4 Å². The molecular formula is C26H41N5O5. The predicted molar refractivity (Wildman–Crippen MR) is 135 cm³/mol. The van der Waals surface area contributed by atoms with Crippen LogP contribution in [0.3, 0.4) is 0 Å². The first kappa shape index (κ1) is 29.2. The zero-order valence-corrected chi connectivity index (χ0v) is 21.2. The maximum absolute atomic E-state index is 13.7. The van der Waals surface area contributed by atoms with Crippen LogP contribution in [0, 0.1) is 23.7 Å². The Hall–Kier alpha value is -3.04. The van der Waals surface area contributed by atoms with E-state index in [9.17, 15) is 19.2 Å². The highest BCUT2D eigenvalue weighted by atomic mass is 16.5. The van der Waals surface area contributed by atoms with Gasteiger partial charge in [0.15, 0.2) is 0 Å². The molecule has 2 aliphatic rings. The summed E-state index contributed by atoms with van der Waals surface area (Å²) in [6, 6.07) is -2.34. The Labute approximate surface area is 214 Å². The molecule has 10 nitrogen and oxygen atoms in total. The van der Waals surface area contributed by atoms with Crippen molar-refractivity contribution in [1.29, 1.82) is 0 Å². The van der Waals surface area contributed by atoms with Crippen LogP contribution in [-0.2, 0) is 19.1 Å². The summed E-state index contributed by atoms with van der Waals surface area (Å²) in [6.45, 7) is 9.81. The maximum Gasteiger partial charge on any atom is 0.329 e. The van der Waals surface area contributed by atoms with Crippen LogP contribution in [0.4, 0.5) is 0 Å². The molecule has 1 saturated carbocycles. The maximum atomic E-state index is 13.7. The van der Waals surface area contributed by atoms with Gasteiger partial charge in [-0.25, -0.2) is 9.78 Å². The Morgan fingerprint density at radius 1 is 1.06 bits per heavy atom. The highest BCUT2D eigenvalue weighted by Crippen LogP contribution is 2.43. The molecular weight excluding hydrogens is 462 g/mol. The highest BCUT2D eigenvalue weighted by molar-refractivity contribution is 5.97. The average molecular weight is 504 g/mol. The molecule has 1 aliphatic carbocycles. The molecule has 200 valence electrons. The second-order valence-corrected chi connectivity index (χ2v) is 10.1. The first-order valence-corrected chi connectivity index (χ1v) is 12.5. The number of hydrogen-bond donors (Lipinski definition) is 2. The number of nitrogens with one attached hydrogen (secondary N) is 2. The van der Waals surface area contributed by atoms with E-state index in [4.69, 9.17) is 4.74 Å². The first-order chi connectivity index (χ1) is 16.6. The highest BCUT2D eigenvalue weighted by Gasteiger charge is 2.51. The fraction of sp³-hybridized carbons (Fsp3) is 0.692. The van der Waals surface area contributed by atoms with Gasteiger partial charge in [-0.1, -0.05) is 41.5 Å². The molecule has 3 amide bonds. The topological polar surface area (TPSA) is 131 Å². The van der Waals surface area contributed by atoms with Gasteiger partial charge in [-0.05, 0) is 43.4 Å². The number of carbonyl (C=O) groups is 4. The molecule has 0 spiro atoms. The third-order valence-corrected chi connectivity index (χ3v) is 6.96. The van der Waals surface area contributed by atoms with Crippen molar-refractivity contribution in [3.8, 4) is 0 Å². The van der Waals surface area contributed by atoms with Crippen LogP contribution >= 0.6 is 0 Å². The smallest absolute Gasteiger partial charge is 0.329 e. The number of likely N-dealkylation sites (tertiary alicyclic amines) is 1. The number of amides is 3. The molecule has 2 heterocycles. The van der Waals surface area contributed by atoms with Crippen LogP contribution in [0.5, 0.6) is 0 Å². The second kappa shape index (κ2) is 12.8. The van der Waals surface area contributed by atoms with E-state index < -0.39 is 29.9 Å². The van der Waals surface area contributed by atoms with E-state index in [-0.39, 0.29) is 55.3 Å². The summed E-state index contributed by atoms with van der Waals surface area (Å²) in [4.78, 5) is 61.9. The quantitative estimate of drug-likeness (QED) is 0.494. The lowest BCUT2D eigenvalue weighted by Crippen LogP contribution is -2.59. The van der Waals surface area contributed by atoms with Crippen molar-refractivity contribution in [2.75, 3.05) is 13.2 Å². The van der Waals surface area contributed by atoms with Gasteiger partial charge in [0.25, 0.3) is 5.91 Å². The molecule has 36 heavy (non-hydrogen) atoms. The Morgan fingerprint density at radius 3 is 2.33 bits per heavy atom. The normalized spacial score (nSPS) is 22.4. The van der Waals surface area contributed by atoms with E-state index >= 15 is 0 Å². The number of ether oxygens (including phenoxy) is 1. The molecule has 0 radical (unpaired) electrons. The van der Waals surface area contributed by atoms with Gasteiger partial charge in [0, 0.05) is 18.9 Å². The van der Waals surface area contributed by atoms with E-state index in [1.54, 1.807) is 11.8 Å². The van der Waals surface area contributed by atoms with Gasteiger partial charge in [0.1, 0.15) is 23.8 Å². The summed E-state index contributed by atoms with van der Waals surface area (Å²) in [6.07, 6.45) is 7.09. The fourth-order valence-corrected chi connectivity index (χ4v) is 5.16. The van der Waals surface area contributed by atoms with Crippen LogP contribution in [0.2, 0.25) is 0 Å². The molecule has 0 bridgehead atoms. The summed E-state index contributed by atoms with van der Waals surface area (Å²) >= 11 is 0. The predicted octanol–water partition coefficient (Wildman–Crippen LogP) is 2.20. The van der Waals surface area contributed by atoms with E-state index in [1.165, 1.54) is 18.6 Å². The van der Waals surface area contributed by atoms with Crippen LogP contribution in [0.25, 0.3) is 0 Å². The zero-order valence-electron chi connectivity index (χ0n) is 21.2. The molecule has 1 unspecified atom stereocenters. The summed E-state index contributed by atoms with van der Waals surface area (Å²) in [7, 11) is 0. The summed E-state index contributed by atoms with van der Waals surface area (Å²) in [5.41, 5.74) is 0.100. The molecule has 5 atom stereocenters. The minimum Gasteiger partial charge on any atom is -0.464 e. The van der Waals surface area contributed by atoms with E-state index in [2.05, 4.69) is 20.6 Å². The molecule has 2 N–H and O–H groups in total. The Morgan fingerprint density at radius 2 is 1.75 bits per heavy atom. The molecule has 10 heteroatoms. The van der Waals surface area contributed by atoms with E-state index in [0.717, 1.165) is 19.3 Å². The second-order valence-electron chi connectivity index (χ2n) is 10.1. The SMILES string of the molecule is C.CCOC(=O)C1[C@H]2CCC[C@H]2CN1C(=O)[C@@H](NC(=O)[C@@H](NC(=O)c1cnccn1)C(C)C)C(C)C. The van der Waals surface area contributed by atoms with Crippen molar-refractivity contribution >= 4 is 23.7 Å². The number of rotatable bonds is 9. The van der Waals surface area contributed by atoms with Crippen molar-refractivity contribution < 1.29 is 23.9 Å². The van der Waals surface area contributed by atoms with Gasteiger partial charge < -0.3 is 20.3 Å². The number of fused-ring (bicyclic) bond motifs is 1. The Balaban J connectivity index is 0.00000456. The van der Waals surface area contributed by atoms with Crippen molar-refractivity contribution in [2.24, 2.45) is 23.7 Å². The van der Waals surface area contributed by atoms with Crippen LogP contribution < -0.4 is 10.6 Å². The first-order valence-electron chi connectivity index (χ1n) is 12.5. The van der Waals surface area contributed by atoms with Gasteiger partial charge >= 0.3 is 5.97 Å². The fourth-order valence-electron chi connectivity index (χ4n) is 5.16. The third-order valence-electron chi connectivity index (χ3n) is 6.96. The molecule has 1 aromatic rings. The molecule has 1 aromatic heterocycles. The molecule has 0 aromatic carbocycles. The number of aromatic nitrogens is 2. The van der Waals surface area contributed by atoms with Gasteiger partial charge in [0.2, 0.25) is 11.8 Å². The largest absolute Gasteiger partial charge is 0.464 e. The zero-order chi connectivity index (χ0) is 25.7. The Bertz CT molecular complexity index is 923. The lowest BCUT2D eigenvalue weighted by atomic mass is 9.94. The van der Waals surface area contributed by atoms with E-state index in [0.29, 0.717) is 6.54 Å². The van der Waals surface area contributed by atoms with Crippen molar-refractivity contribution in [3.63, 3.8) is 0 Å². The average Bonchev–Trinajstić information content (AvgIpc) is 3.42. The molecule has 1 saturated heterocycles. The standard InChI is InChI=1S/C25H37N5O5.CH4/c1-6-35-25(34)21-17-9-7-8-16(17)13-30(21)24(33)20(15(4)5)29-23(32)19(14(2)3)28-22(31)18-12-26-10-11-27-18;/h10-12,14-17,19-21H,6-9,13H2,1-5H3,(H,28,31)(H,29,32);1H4/t16-,17-,19-,20-,21?;/m0./s1. The van der Waals surface area contributed by atoms with Crippen molar-refractivity contribution in [3.05, 3.63) is 24.3 Å². The number of nitrogens with zero attached hydrogens (tertiary/aromatic N) is 3. The van der Waals surface area contributed by atoms with Gasteiger partial charge in [-0.15, -0.1) is 0 Å². The lowest BCUT2D eigenvalue weighted by Gasteiger charge is -2.32. The lowest BCUT2D eigenvalue weighted by molar-refractivity contribution is -0.155. The van der Waals surface area contributed by atoms with Crippen LogP contribution in [-0.4, -0.2) is 69.8 Å². The minimum absolute atomic E-state index is 0. The Kier molecular flexibility index (Phi) is 10.4. The van der Waals surface area contributed by atoms with Crippen molar-refractivity contribution in [1.82, 2.24) is 25.5 Å². The monoisotopic (exact) mass is 503 g/mol. The van der Waals surface area contributed by atoms with Gasteiger partial charge in [-0.2, -0.15) is 0 Å². The molecule has 2 fully saturated rings. The van der Waals surface area contributed by atoms with E-state index in [1.807, 2.05) is 27.7 Å². The summed E-state index contributed by atoms with van der Waals surface area (Å²) < 4.78 is 5.31. The molecule has 1 aliphatic heterocycles. The number of carbonyl (C=O) groups excluding carboxylic acids is 4. The number of hydrogen-bond acceptors (Lipinski definition) is 7. The molecule has 3 rings (SSSR count). The third kappa shape index (κ3) is 6.39. The van der Waals surface area contributed by atoms with Crippen molar-refractivity contribution in [2.45, 2.75) is 79.4 Å². The number of esters is 1.